The molecule has 0 amide bonds. The molecule has 1 fully saturated rings. The van der Waals surface area contributed by atoms with Crippen molar-refractivity contribution in [1.82, 2.24) is 20.4 Å². The monoisotopic (exact) mass is 273 g/mol. The van der Waals surface area contributed by atoms with Crippen molar-refractivity contribution < 1.29 is 0 Å². The largest absolute Gasteiger partial charge is 0.271 e. The van der Waals surface area contributed by atoms with Gasteiger partial charge in [0.1, 0.15) is 0 Å². The van der Waals surface area contributed by atoms with Crippen LogP contribution >= 0.6 is 15.9 Å². The number of hydrazine groups is 1. The van der Waals surface area contributed by atoms with Gasteiger partial charge in [-0.25, -0.2) is 4.68 Å². The maximum Gasteiger partial charge on any atom is 0.153 e. The molecule has 0 aliphatic heterocycles. The third kappa shape index (κ3) is 2.07. The van der Waals surface area contributed by atoms with Gasteiger partial charge < -0.3 is 0 Å². The van der Waals surface area contributed by atoms with E-state index >= 15 is 0 Å². The molecule has 1 aliphatic carbocycles. The molecule has 15 heavy (non-hydrogen) atoms. The molecular formula is C9H16BrN5. The lowest BCUT2D eigenvalue weighted by atomic mass is 9.95. The van der Waals surface area contributed by atoms with E-state index in [1.807, 2.05) is 7.05 Å². The van der Waals surface area contributed by atoms with Crippen molar-refractivity contribution in [2.75, 3.05) is 0 Å². The summed E-state index contributed by atoms with van der Waals surface area (Å²) in [7, 11) is 1.89. The second-order valence-corrected chi connectivity index (χ2v) is 4.98. The van der Waals surface area contributed by atoms with Gasteiger partial charge in [0.15, 0.2) is 4.60 Å². The fourth-order valence-corrected chi connectivity index (χ4v) is 2.62. The standard InChI is InChI=1S/C9H16BrN5/c1-5(6-3-4-6)7(12-11)8-9(10)13-14-15(8)2/h5-7,12H,3-4,11H2,1-2H3. The first-order valence-electron chi connectivity index (χ1n) is 5.16. The van der Waals surface area contributed by atoms with E-state index in [0.29, 0.717) is 5.92 Å². The first kappa shape index (κ1) is 11.0. The summed E-state index contributed by atoms with van der Waals surface area (Å²) >= 11 is 3.41. The van der Waals surface area contributed by atoms with Crippen molar-refractivity contribution in [1.29, 1.82) is 0 Å². The summed E-state index contributed by atoms with van der Waals surface area (Å²) in [6.07, 6.45) is 2.62. The minimum absolute atomic E-state index is 0.117. The number of nitrogens with two attached hydrogens (primary N) is 1. The van der Waals surface area contributed by atoms with Crippen molar-refractivity contribution in [2.24, 2.45) is 24.7 Å². The van der Waals surface area contributed by atoms with Gasteiger partial charge in [0.05, 0.1) is 11.7 Å². The van der Waals surface area contributed by atoms with Crippen molar-refractivity contribution >= 4 is 15.9 Å². The molecule has 1 aliphatic rings. The molecule has 0 saturated heterocycles. The van der Waals surface area contributed by atoms with Crippen LogP contribution in [-0.2, 0) is 7.05 Å². The number of hydrogen-bond acceptors (Lipinski definition) is 4. The second kappa shape index (κ2) is 4.19. The SMILES string of the molecule is CC(C1CC1)C(NN)c1c(Br)nnn1C. The van der Waals surface area contributed by atoms with Crippen molar-refractivity contribution in [3.05, 3.63) is 10.3 Å². The molecule has 0 spiro atoms. The Morgan fingerprint density at radius 1 is 1.60 bits per heavy atom. The van der Waals surface area contributed by atoms with Crippen LogP contribution in [0.1, 0.15) is 31.5 Å². The predicted molar refractivity (Wildman–Crippen MR) is 60.7 cm³/mol. The van der Waals surface area contributed by atoms with E-state index in [1.54, 1.807) is 4.68 Å². The number of nitrogens with one attached hydrogen (secondary N) is 1. The van der Waals surface area contributed by atoms with Gasteiger partial charge in [-0.1, -0.05) is 12.1 Å². The summed E-state index contributed by atoms with van der Waals surface area (Å²) in [5.74, 6) is 6.93. The van der Waals surface area contributed by atoms with Crippen LogP contribution in [0.5, 0.6) is 0 Å². The van der Waals surface area contributed by atoms with Gasteiger partial charge in [0.2, 0.25) is 0 Å². The number of aromatic nitrogens is 3. The molecule has 0 bridgehead atoms. The van der Waals surface area contributed by atoms with Gasteiger partial charge in [-0.2, -0.15) is 0 Å². The lowest BCUT2D eigenvalue weighted by Crippen LogP contribution is -2.35. The van der Waals surface area contributed by atoms with Crippen LogP contribution in [0.4, 0.5) is 0 Å². The molecule has 1 heterocycles. The van der Waals surface area contributed by atoms with Crippen molar-refractivity contribution in [3.63, 3.8) is 0 Å². The summed E-state index contributed by atoms with van der Waals surface area (Å²) in [5.41, 5.74) is 3.90. The molecule has 0 aromatic carbocycles. The summed E-state index contributed by atoms with van der Waals surface area (Å²) in [6, 6.07) is 0.117. The maximum absolute atomic E-state index is 5.63. The summed E-state index contributed by atoms with van der Waals surface area (Å²) in [5, 5.41) is 7.95. The van der Waals surface area contributed by atoms with E-state index < -0.39 is 0 Å². The van der Waals surface area contributed by atoms with Crippen LogP contribution < -0.4 is 11.3 Å². The van der Waals surface area contributed by atoms with E-state index in [-0.39, 0.29) is 6.04 Å². The minimum atomic E-state index is 0.117. The topological polar surface area (TPSA) is 68.8 Å². The van der Waals surface area contributed by atoms with Crippen LogP contribution in [-0.4, -0.2) is 15.0 Å². The number of rotatable bonds is 4. The molecule has 1 aromatic heterocycles. The Kier molecular flexibility index (Phi) is 3.08. The van der Waals surface area contributed by atoms with Crippen LogP contribution in [0.2, 0.25) is 0 Å². The zero-order chi connectivity index (χ0) is 11.0. The molecule has 0 radical (unpaired) electrons. The average molecular weight is 274 g/mol. The summed E-state index contributed by atoms with van der Waals surface area (Å²) < 4.78 is 2.55. The van der Waals surface area contributed by atoms with E-state index in [1.165, 1.54) is 12.8 Å². The quantitative estimate of drug-likeness (QED) is 0.638. The molecule has 2 atom stereocenters. The van der Waals surface area contributed by atoms with E-state index in [4.69, 9.17) is 5.84 Å². The van der Waals surface area contributed by atoms with E-state index in [9.17, 15) is 0 Å². The van der Waals surface area contributed by atoms with E-state index in [0.717, 1.165) is 16.2 Å². The van der Waals surface area contributed by atoms with E-state index in [2.05, 4.69) is 38.6 Å². The zero-order valence-corrected chi connectivity index (χ0v) is 10.5. The second-order valence-electron chi connectivity index (χ2n) is 4.23. The van der Waals surface area contributed by atoms with Crippen molar-refractivity contribution in [3.8, 4) is 0 Å². The number of aryl methyl sites for hydroxylation is 1. The fraction of sp³-hybridized carbons (Fsp3) is 0.778. The highest BCUT2D eigenvalue weighted by Crippen LogP contribution is 2.43. The molecule has 2 unspecified atom stereocenters. The average Bonchev–Trinajstić information content (AvgIpc) is 3.00. The van der Waals surface area contributed by atoms with Crippen molar-refractivity contribution in [2.45, 2.75) is 25.8 Å². The molecule has 5 nitrogen and oxygen atoms in total. The number of nitrogens with zero attached hydrogens (tertiary/aromatic N) is 3. The Morgan fingerprint density at radius 3 is 2.67 bits per heavy atom. The minimum Gasteiger partial charge on any atom is -0.271 e. The molecule has 6 heteroatoms. The Morgan fingerprint density at radius 2 is 2.27 bits per heavy atom. The highest BCUT2D eigenvalue weighted by Gasteiger charge is 2.35. The first-order chi connectivity index (χ1) is 7.15. The maximum atomic E-state index is 5.63. The van der Waals surface area contributed by atoms with Gasteiger partial charge in [0.25, 0.3) is 0 Å². The lowest BCUT2D eigenvalue weighted by molar-refractivity contribution is 0.337. The third-order valence-electron chi connectivity index (χ3n) is 3.19. The van der Waals surface area contributed by atoms with Crippen LogP contribution in [0.25, 0.3) is 0 Å². The molecule has 84 valence electrons. The lowest BCUT2D eigenvalue weighted by Gasteiger charge is -2.23. The molecular weight excluding hydrogens is 258 g/mol. The van der Waals surface area contributed by atoms with Gasteiger partial charge in [0, 0.05) is 7.05 Å². The van der Waals surface area contributed by atoms with Crippen LogP contribution in [0.15, 0.2) is 4.60 Å². The molecule has 1 saturated carbocycles. The first-order valence-corrected chi connectivity index (χ1v) is 5.95. The van der Waals surface area contributed by atoms with Gasteiger partial charge in [-0.3, -0.25) is 11.3 Å². The zero-order valence-electron chi connectivity index (χ0n) is 8.94. The fourth-order valence-electron chi connectivity index (χ4n) is 2.04. The number of halogens is 1. The number of hydrogen-bond donors (Lipinski definition) is 2. The Balaban J connectivity index is 2.25. The summed E-state index contributed by atoms with van der Waals surface area (Å²) in [4.78, 5) is 0. The van der Waals surface area contributed by atoms with Crippen LogP contribution in [0, 0.1) is 11.8 Å². The van der Waals surface area contributed by atoms with Gasteiger partial charge in [-0.15, -0.1) is 5.10 Å². The predicted octanol–water partition coefficient (Wildman–Crippen LogP) is 1.13. The Hall–Kier alpha value is -0.460. The molecule has 3 N–H and O–H groups in total. The molecule has 1 aromatic rings. The molecule has 2 rings (SSSR count). The smallest absolute Gasteiger partial charge is 0.153 e. The third-order valence-corrected chi connectivity index (χ3v) is 3.76. The normalized spacial score (nSPS) is 20.3. The highest BCUT2D eigenvalue weighted by atomic mass is 79.9. The summed E-state index contributed by atoms with van der Waals surface area (Å²) in [6.45, 7) is 2.22. The Bertz CT molecular complexity index is 327. The van der Waals surface area contributed by atoms with Crippen LogP contribution in [0.3, 0.4) is 0 Å². The Labute approximate surface area is 97.5 Å². The van der Waals surface area contributed by atoms with Gasteiger partial charge in [-0.05, 0) is 40.6 Å². The highest BCUT2D eigenvalue weighted by molar-refractivity contribution is 9.10. The van der Waals surface area contributed by atoms with Gasteiger partial charge >= 0.3 is 0 Å².